The highest BCUT2D eigenvalue weighted by molar-refractivity contribution is 6.05. The van der Waals surface area contributed by atoms with Crippen molar-refractivity contribution in [3.05, 3.63) is 93.9 Å². The minimum absolute atomic E-state index is 0.0163. The van der Waals surface area contributed by atoms with Crippen LogP contribution >= 0.6 is 0 Å². The molecule has 0 saturated carbocycles. The third kappa shape index (κ3) is 6.62. The van der Waals surface area contributed by atoms with Gasteiger partial charge in [0, 0.05) is 42.4 Å². The van der Waals surface area contributed by atoms with Crippen molar-refractivity contribution in [2.24, 2.45) is 0 Å². The number of rotatable bonds is 9. The molecule has 1 aromatic heterocycles. The van der Waals surface area contributed by atoms with Crippen LogP contribution in [-0.4, -0.2) is 48.8 Å². The van der Waals surface area contributed by atoms with Crippen LogP contribution in [0.3, 0.4) is 0 Å². The molecule has 0 aliphatic heterocycles. The molecule has 0 fully saturated rings. The van der Waals surface area contributed by atoms with Crippen LogP contribution in [0.25, 0.3) is 17.4 Å². The second kappa shape index (κ2) is 10.9. The van der Waals surface area contributed by atoms with E-state index in [-0.39, 0.29) is 11.4 Å². The van der Waals surface area contributed by atoms with Crippen LogP contribution in [0.2, 0.25) is 0 Å². The number of non-ortho nitro benzene ring substituents is 1. The third-order valence-corrected chi connectivity index (χ3v) is 4.63. The summed E-state index contributed by atoms with van der Waals surface area (Å²) in [6.07, 6.45) is 1.42. The number of furan rings is 1. The second-order valence-corrected chi connectivity index (χ2v) is 7.45. The molecule has 0 aliphatic rings. The third-order valence-electron chi connectivity index (χ3n) is 4.63. The van der Waals surface area contributed by atoms with E-state index in [9.17, 15) is 19.7 Å². The van der Waals surface area contributed by atoms with Crippen molar-refractivity contribution in [2.75, 3.05) is 27.2 Å². The topological polar surface area (TPSA) is 118 Å². The number of carbonyl (C=O) groups is 2. The Bertz CT molecular complexity index is 1170. The molecular formula is C24H24N4O5. The molecule has 0 bridgehead atoms. The first-order valence-corrected chi connectivity index (χ1v) is 10.2. The van der Waals surface area contributed by atoms with Gasteiger partial charge in [0.1, 0.15) is 17.2 Å². The Hall–Kier alpha value is -4.24. The molecule has 2 amide bonds. The highest BCUT2D eigenvalue weighted by Gasteiger charge is 2.16. The highest BCUT2D eigenvalue weighted by atomic mass is 16.6. The summed E-state index contributed by atoms with van der Waals surface area (Å²) in [7, 11) is 3.77. The molecule has 3 rings (SSSR count). The number of nitrogens with one attached hydrogen (secondary N) is 2. The van der Waals surface area contributed by atoms with Gasteiger partial charge in [-0.25, -0.2) is 0 Å². The highest BCUT2D eigenvalue weighted by Crippen LogP contribution is 2.26. The Morgan fingerprint density at radius 1 is 1.06 bits per heavy atom. The first kappa shape index (κ1) is 23.4. The van der Waals surface area contributed by atoms with Crippen LogP contribution in [0.1, 0.15) is 16.1 Å². The average Bonchev–Trinajstić information content (AvgIpc) is 3.27. The Morgan fingerprint density at radius 2 is 1.82 bits per heavy atom. The minimum Gasteiger partial charge on any atom is -0.457 e. The van der Waals surface area contributed by atoms with Crippen LogP contribution in [-0.2, 0) is 4.79 Å². The predicted octanol–water partition coefficient (Wildman–Crippen LogP) is 3.30. The zero-order chi connectivity index (χ0) is 23.8. The van der Waals surface area contributed by atoms with Gasteiger partial charge < -0.3 is 20.0 Å². The molecule has 0 aliphatic carbocycles. The Balaban J connectivity index is 1.85. The Kier molecular flexibility index (Phi) is 7.72. The van der Waals surface area contributed by atoms with E-state index in [2.05, 4.69) is 10.6 Å². The van der Waals surface area contributed by atoms with Crippen molar-refractivity contribution in [3.63, 3.8) is 0 Å². The van der Waals surface area contributed by atoms with Gasteiger partial charge in [0.2, 0.25) is 0 Å². The molecule has 9 heteroatoms. The fourth-order valence-electron chi connectivity index (χ4n) is 2.93. The SMILES string of the molecule is CN(C)CCNC(=O)/C(=C/c1ccc(-c2cccc([N+](=O)[O-])c2)o1)NC(=O)c1ccccc1. The van der Waals surface area contributed by atoms with E-state index in [1.165, 1.54) is 18.2 Å². The van der Waals surface area contributed by atoms with Crippen molar-refractivity contribution < 1.29 is 18.9 Å². The molecule has 3 aromatic rings. The molecule has 2 aromatic carbocycles. The molecule has 1 heterocycles. The van der Waals surface area contributed by atoms with Gasteiger partial charge in [0.25, 0.3) is 17.5 Å². The summed E-state index contributed by atoms with van der Waals surface area (Å²) in [5.74, 6) is -0.196. The molecule has 0 saturated heterocycles. The van der Waals surface area contributed by atoms with Gasteiger partial charge in [0.15, 0.2) is 0 Å². The summed E-state index contributed by atoms with van der Waals surface area (Å²) in [6, 6.07) is 17.8. The first-order valence-electron chi connectivity index (χ1n) is 10.2. The fraction of sp³-hybridized carbons (Fsp3) is 0.167. The zero-order valence-electron chi connectivity index (χ0n) is 18.3. The normalized spacial score (nSPS) is 11.3. The van der Waals surface area contributed by atoms with Crippen molar-refractivity contribution in [1.82, 2.24) is 15.5 Å². The summed E-state index contributed by atoms with van der Waals surface area (Å²) in [4.78, 5) is 37.9. The average molecular weight is 448 g/mol. The van der Waals surface area contributed by atoms with E-state index in [0.29, 0.717) is 35.7 Å². The van der Waals surface area contributed by atoms with Crippen molar-refractivity contribution in [1.29, 1.82) is 0 Å². The fourth-order valence-corrected chi connectivity index (χ4v) is 2.93. The molecule has 0 atom stereocenters. The van der Waals surface area contributed by atoms with E-state index in [4.69, 9.17) is 4.42 Å². The van der Waals surface area contributed by atoms with E-state index < -0.39 is 16.7 Å². The Labute approximate surface area is 190 Å². The van der Waals surface area contributed by atoms with Crippen LogP contribution in [0.5, 0.6) is 0 Å². The van der Waals surface area contributed by atoms with Crippen molar-refractivity contribution in [3.8, 4) is 11.3 Å². The lowest BCUT2D eigenvalue weighted by Gasteiger charge is -2.13. The molecule has 0 spiro atoms. The zero-order valence-corrected chi connectivity index (χ0v) is 18.3. The van der Waals surface area contributed by atoms with E-state index in [1.807, 2.05) is 19.0 Å². The number of hydrogen-bond donors (Lipinski definition) is 2. The number of benzene rings is 2. The predicted molar refractivity (Wildman–Crippen MR) is 124 cm³/mol. The summed E-state index contributed by atoms with van der Waals surface area (Å²) in [5.41, 5.74) is 0.884. The number of nitrogens with zero attached hydrogens (tertiary/aromatic N) is 2. The smallest absolute Gasteiger partial charge is 0.270 e. The van der Waals surface area contributed by atoms with Gasteiger partial charge in [-0.15, -0.1) is 0 Å². The van der Waals surface area contributed by atoms with Crippen molar-refractivity contribution in [2.45, 2.75) is 0 Å². The number of hydrogen-bond acceptors (Lipinski definition) is 6. The molecule has 0 unspecified atom stereocenters. The van der Waals surface area contributed by atoms with Gasteiger partial charge in [-0.2, -0.15) is 0 Å². The summed E-state index contributed by atoms with van der Waals surface area (Å²) < 4.78 is 5.78. The summed E-state index contributed by atoms with van der Waals surface area (Å²) >= 11 is 0. The van der Waals surface area contributed by atoms with Crippen LogP contribution in [0, 0.1) is 10.1 Å². The lowest BCUT2D eigenvalue weighted by Crippen LogP contribution is -2.37. The molecule has 9 nitrogen and oxygen atoms in total. The number of nitro benzene ring substituents is 1. The van der Waals surface area contributed by atoms with Gasteiger partial charge >= 0.3 is 0 Å². The molecular weight excluding hydrogens is 424 g/mol. The lowest BCUT2D eigenvalue weighted by molar-refractivity contribution is -0.384. The summed E-state index contributed by atoms with van der Waals surface area (Å²) in [5, 5.41) is 16.4. The number of carbonyl (C=O) groups excluding carboxylic acids is 2. The van der Waals surface area contributed by atoms with Crippen LogP contribution in [0.15, 0.2) is 76.8 Å². The second-order valence-electron chi connectivity index (χ2n) is 7.45. The molecule has 33 heavy (non-hydrogen) atoms. The maximum absolute atomic E-state index is 12.8. The number of likely N-dealkylation sites (N-methyl/N-ethyl adjacent to an activating group) is 1. The van der Waals surface area contributed by atoms with Crippen LogP contribution in [0.4, 0.5) is 5.69 Å². The van der Waals surface area contributed by atoms with E-state index in [0.717, 1.165) is 0 Å². The maximum Gasteiger partial charge on any atom is 0.270 e. The molecule has 2 N–H and O–H groups in total. The van der Waals surface area contributed by atoms with Gasteiger partial charge in [-0.05, 0) is 38.4 Å². The summed E-state index contributed by atoms with van der Waals surface area (Å²) in [6.45, 7) is 1.02. The van der Waals surface area contributed by atoms with Gasteiger partial charge in [-0.3, -0.25) is 19.7 Å². The van der Waals surface area contributed by atoms with E-state index in [1.54, 1.807) is 54.6 Å². The standard InChI is InChI=1S/C24H24N4O5/c1-27(2)14-13-25-24(30)21(26-23(29)17-7-4-3-5-8-17)16-20-11-12-22(33-20)18-9-6-10-19(15-18)28(31)32/h3-12,15-16H,13-14H2,1-2H3,(H,25,30)(H,26,29)/b21-16-. The monoisotopic (exact) mass is 448 g/mol. The van der Waals surface area contributed by atoms with Crippen molar-refractivity contribution >= 4 is 23.6 Å². The van der Waals surface area contributed by atoms with E-state index >= 15 is 0 Å². The minimum atomic E-state index is -0.484. The van der Waals surface area contributed by atoms with Gasteiger partial charge in [0.05, 0.1) is 4.92 Å². The largest absolute Gasteiger partial charge is 0.457 e. The maximum atomic E-state index is 12.8. The quantitative estimate of drug-likeness (QED) is 0.295. The lowest BCUT2D eigenvalue weighted by atomic mass is 10.1. The number of amides is 2. The molecule has 0 radical (unpaired) electrons. The van der Waals surface area contributed by atoms with Gasteiger partial charge in [-0.1, -0.05) is 30.3 Å². The first-order chi connectivity index (χ1) is 15.8. The van der Waals surface area contributed by atoms with Crippen LogP contribution < -0.4 is 10.6 Å². The number of nitro groups is 1. The molecule has 170 valence electrons. The Morgan fingerprint density at radius 3 is 2.52 bits per heavy atom.